The maximum Gasteiger partial charge on any atom is 0.534 e. The van der Waals surface area contributed by atoms with E-state index in [1.54, 1.807) is 0 Å². The number of halogens is 3. The highest BCUT2D eigenvalue weighted by Gasteiger charge is 2.48. The van der Waals surface area contributed by atoms with E-state index in [4.69, 9.17) is 0 Å². The van der Waals surface area contributed by atoms with Crippen LogP contribution in [0, 0.1) is 0 Å². The molecular formula is C7H8F3NO3S. The van der Waals surface area contributed by atoms with Gasteiger partial charge in [-0.1, -0.05) is 18.2 Å². The van der Waals surface area contributed by atoms with Gasteiger partial charge in [0.25, 0.3) is 0 Å². The van der Waals surface area contributed by atoms with E-state index in [0.717, 1.165) is 12.1 Å². The van der Waals surface area contributed by atoms with E-state index in [1.165, 1.54) is 18.2 Å². The Bertz CT molecular complexity index is 401. The molecule has 1 rings (SSSR count). The van der Waals surface area contributed by atoms with E-state index in [9.17, 15) is 21.6 Å². The molecule has 0 atom stereocenters. The number of rotatable bonds is 2. The summed E-state index contributed by atoms with van der Waals surface area (Å²) in [5.74, 6) is -0.371. The monoisotopic (exact) mass is 243 g/mol. The van der Waals surface area contributed by atoms with Gasteiger partial charge >= 0.3 is 15.6 Å². The van der Waals surface area contributed by atoms with E-state index >= 15 is 0 Å². The molecular weight excluding hydrogens is 235 g/mol. The second kappa shape index (κ2) is 4.49. The average molecular weight is 243 g/mol. The van der Waals surface area contributed by atoms with Crippen molar-refractivity contribution in [2.24, 2.45) is 0 Å². The van der Waals surface area contributed by atoms with E-state index in [-0.39, 0.29) is 11.9 Å². The van der Waals surface area contributed by atoms with Crippen LogP contribution < -0.4 is 10.3 Å². The van der Waals surface area contributed by atoms with Crippen molar-refractivity contribution in [2.45, 2.75) is 5.51 Å². The number of hydrogen-bond acceptors (Lipinski definition) is 4. The van der Waals surface area contributed by atoms with Crippen molar-refractivity contribution < 1.29 is 25.8 Å². The topological polar surface area (TPSA) is 78.4 Å². The molecule has 0 saturated carbocycles. The molecule has 0 radical (unpaired) electrons. The first-order valence-electron chi connectivity index (χ1n) is 3.39. The van der Waals surface area contributed by atoms with Crippen LogP contribution in [-0.4, -0.2) is 13.9 Å². The molecule has 0 aliphatic heterocycles. The van der Waals surface area contributed by atoms with Gasteiger partial charge in [-0.2, -0.15) is 21.6 Å². The minimum absolute atomic E-state index is 0. The highest BCUT2D eigenvalue weighted by Crippen LogP contribution is 2.26. The van der Waals surface area contributed by atoms with E-state index in [1.807, 2.05) is 0 Å². The zero-order valence-electron chi connectivity index (χ0n) is 7.36. The molecule has 0 fully saturated rings. The highest BCUT2D eigenvalue weighted by atomic mass is 32.2. The van der Waals surface area contributed by atoms with Crippen molar-refractivity contribution in [2.75, 3.05) is 0 Å². The fraction of sp³-hybridized carbons (Fsp3) is 0.143. The quantitative estimate of drug-likeness (QED) is 0.637. The van der Waals surface area contributed by atoms with Gasteiger partial charge in [0, 0.05) is 0 Å². The standard InChI is InChI=1S/C7H5F3O3S.H3N/c8-7(9,10)14(11,12)13-6-4-2-1-3-5-6;/h1-5H;1H3. The van der Waals surface area contributed by atoms with Gasteiger partial charge in [0.05, 0.1) is 0 Å². The summed E-state index contributed by atoms with van der Waals surface area (Å²) in [7, 11) is -5.55. The van der Waals surface area contributed by atoms with Crippen LogP contribution in [0.5, 0.6) is 5.75 Å². The minimum Gasteiger partial charge on any atom is -0.376 e. The van der Waals surface area contributed by atoms with Crippen LogP contribution in [0.4, 0.5) is 13.2 Å². The lowest BCUT2D eigenvalue weighted by atomic mass is 10.3. The first-order chi connectivity index (χ1) is 6.33. The average Bonchev–Trinajstić information content (AvgIpc) is 2.03. The van der Waals surface area contributed by atoms with Gasteiger partial charge in [0.1, 0.15) is 5.75 Å². The minimum atomic E-state index is -5.55. The maximum absolute atomic E-state index is 11.8. The molecule has 15 heavy (non-hydrogen) atoms. The summed E-state index contributed by atoms with van der Waals surface area (Å²) in [4.78, 5) is 0. The van der Waals surface area contributed by atoms with Crippen molar-refractivity contribution >= 4 is 10.1 Å². The van der Waals surface area contributed by atoms with Crippen molar-refractivity contribution in [3.63, 3.8) is 0 Å². The molecule has 3 N–H and O–H groups in total. The molecule has 0 aliphatic carbocycles. The summed E-state index contributed by atoms with van der Waals surface area (Å²) in [6.45, 7) is 0. The molecule has 0 unspecified atom stereocenters. The molecule has 8 heteroatoms. The third kappa shape index (κ3) is 3.40. The zero-order valence-corrected chi connectivity index (χ0v) is 8.18. The second-order valence-corrected chi connectivity index (χ2v) is 3.83. The van der Waals surface area contributed by atoms with Gasteiger partial charge in [-0.3, -0.25) is 0 Å². The predicted molar refractivity (Wildman–Crippen MR) is 47.1 cm³/mol. The molecule has 86 valence electrons. The van der Waals surface area contributed by atoms with E-state index in [2.05, 4.69) is 4.18 Å². The van der Waals surface area contributed by atoms with Gasteiger partial charge in [-0.25, -0.2) is 0 Å². The summed E-state index contributed by atoms with van der Waals surface area (Å²) in [6, 6.07) is 6.47. The number of hydrogen-bond donors (Lipinski definition) is 1. The lowest BCUT2D eigenvalue weighted by molar-refractivity contribution is -0.0500. The Hall–Kier alpha value is -1.28. The molecule has 0 amide bonds. The summed E-state index contributed by atoms with van der Waals surface area (Å²) in [5.41, 5.74) is -5.40. The Labute approximate surface area is 84.4 Å². The van der Waals surface area contributed by atoms with Crippen LogP contribution in [-0.2, 0) is 10.1 Å². The number of alkyl halides is 3. The van der Waals surface area contributed by atoms with Crippen LogP contribution in [0.3, 0.4) is 0 Å². The summed E-state index contributed by atoms with van der Waals surface area (Å²) >= 11 is 0. The Balaban J connectivity index is 0.00000196. The van der Waals surface area contributed by atoms with Crippen LogP contribution >= 0.6 is 0 Å². The van der Waals surface area contributed by atoms with Crippen LogP contribution in [0.2, 0.25) is 0 Å². The molecule has 1 aromatic carbocycles. The van der Waals surface area contributed by atoms with Crippen LogP contribution in [0.15, 0.2) is 30.3 Å². The molecule has 0 aromatic heterocycles. The number of para-hydroxylation sites is 1. The lowest BCUT2D eigenvalue weighted by Gasteiger charge is -2.08. The SMILES string of the molecule is N.O=S(=O)(Oc1ccccc1)C(F)(F)F. The van der Waals surface area contributed by atoms with Crippen molar-refractivity contribution in [1.29, 1.82) is 0 Å². The zero-order chi connectivity index (χ0) is 10.8. The van der Waals surface area contributed by atoms with Crippen LogP contribution in [0.1, 0.15) is 0 Å². The van der Waals surface area contributed by atoms with Gasteiger partial charge in [-0.05, 0) is 12.1 Å². The van der Waals surface area contributed by atoms with Crippen molar-refractivity contribution in [3.8, 4) is 5.75 Å². The maximum atomic E-state index is 11.8. The molecule has 0 spiro atoms. The number of benzene rings is 1. The smallest absolute Gasteiger partial charge is 0.376 e. The Morgan fingerprint density at radius 3 is 1.93 bits per heavy atom. The highest BCUT2D eigenvalue weighted by molar-refractivity contribution is 7.87. The fourth-order valence-electron chi connectivity index (χ4n) is 0.650. The normalized spacial score (nSPS) is 11.7. The Morgan fingerprint density at radius 1 is 1.07 bits per heavy atom. The fourth-order valence-corrected chi connectivity index (χ4v) is 1.11. The summed E-state index contributed by atoms with van der Waals surface area (Å²) in [6.07, 6.45) is 0. The molecule has 0 bridgehead atoms. The molecule has 0 aliphatic rings. The molecule has 4 nitrogen and oxygen atoms in total. The first-order valence-corrected chi connectivity index (χ1v) is 4.79. The lowest BCUT2D eigenvalue weighted by Crippen LogP contribution is -2.27. The third-order valence-corrected chi connectivity index (χ3v) is 2.21. The van der Waals surface area contributed by atoms with Gasteiger partial charge in [0.2, 0.25) is 0 Å². The second-order valence-electron chi connectivity index (χ2n) is 2.30. The van der Waals surface area contributed by atoms with Gasteiger partial charge in [-0.15, -0.1) is 0 Å². The van der Waals surface area contributed by atoms with Crippen LogP contribution in [0.25, 0.3) is 0 Å². The van der Waals surface area contributed by atoms with E-state index < -0.39 is 15.6 Å². The third-order valence-electron chi connectivity index (χ3n) is 1.23. The largest absolute Gasteiger partial charge is 0.534 e. The Morgan fingerprint density at radius 2 is 1.53 bits per heavy atom. The molecule has 0 saturated heterocycles. The predicted octanol–water partition coefficient (Wildman–Crippen LogP) is 2.08. The van der Waals surface area contributed by atoms with Gasteiger partial charge < -0.3 is 10.3 Å². The summed E-state index contributed by atoms with van der Waals surface area (Å²) in [5, 5.41) is 0. The molecule has 0 heterocycles. The Kier molecular flexibility index (Phi) is 4.11. The van der Waals surface area contributed by atoms with E-state index in [0.29, 0.717) is 0 Å². The summed E-state index contributed by atoms with van der Waals surface area (Å²) < 4.78 is 60.2. The molecule has 1 aromatic rings. The van der Waals surface area contributed by atoms with Crippen molar-refractivity contribution in [1.82, 2.24) is 6.15 Å². The van der Waals surface area contributed by atoms with Crippen molar-refractivity contribution in [3.05, 3.63) is 30.3 Å². The van der Waals surface area contributed by atoms with Gasteiger partial charge in [0.15, 0.2) is 0 Å². The first kappa shape index (κ1) is 13.7.